The number of anilines is 1. The summed E-state index contributed by atoms with van der Waals surface area (Å²) in [7, 11) is 4.04. The van der Waals surface area contributed by atoms with Crippen LogP contribution >= 0.6 is 0 Å². The molecule has 4 rings (SSSR count). The average Bonchev–Trinajstić information content (AvgIpc) is 3.23. The fourth-order valence-corrected chi connectivity index (χ4v) is 9.99. The van der Waals surface area contributed by atoms with Gasteiger partial charge in [0.05, 0.1) is 35.1 Å². The molecule has 0 aromatic heterocycles. The van der Waals surface area contributed by atoms with E-state index in [0.29, 0.717) is 56.7 Å². The summed E-state index contributed by atoms with van der Waals surface area (Å²) in [5, 5.41) is 26.1. The summed E-state index contributed by atoms with van der Waals surface area (Å²) in [6.45, 7) is 18.9. The molecule has 0 amide bonds. The second-order valence-corrected chi connectivity index (χ2v) is 19.9. The van der Waals surface area contributed by atoms with E-state index in [1.807, 2.05) is 58.3 Å². The summed E-state index contributed by atoms with van der Waals surface area (Å²) in [4.78, 5) is 29.0. The van der Waals surface area contributed by atoms with Gasteiger partial charge in [-0.2, -0.15) is 0 Å². The van der Waals surface area contributed by atoms with E-state index in [9.17, 15) is 19.8 Å². The van der Waals surface area contributed by atoms with Crippen molar-refractivity contribution in [2.75, 3.05) is 45.3 Å². The van der Waals surface area contributed by atoms with Crippen molar-refractivity contribution >= 4 is 17.6 Å². The zero-order valence-electron chi connectivity index (χ0n) is 41.2. The third kappa shape index (κ3) is 15.0. The summed E-state index contributed by atoms with van der Waals surface area (Å²) in [6.07, 6.45) is 5.40. The number of carbonyl (C=O) groups excluding carboxylic acids is 2. The van der Waals surface area contributed by atoms with Crippen LogP contribution in [0, 0.1) is 17.8 Å². The van der Waals surface area contributed by atoms with Crippen LogP contribution in [0.3, 0.4) is 0 Å². The molecule has 0 aliphatic carbocycles. The van der Waals surface area contributed by atoms with Gasteiger partial charge in [0.25, 0.3) is 0 Å². The highest BCUT2D eigenvalue weighted by atomic mass is 16.7. The van der Waals surface area contributed by atoms with E-state index in [-0.39, 0.29) is 42.8 Å². The molecular weight excluding hydrogens is 833 g/mol. The summed E-state index contributed by atoms with van der Waals surface area (Å²) in [6, 6.07) is 7.44. The lowest BCUT2D eigenvalue weighted by Crippen LogP contribution is -2.67. The Bertz CT molecular complexity index is 1730. The van der Waals surface area contributed by atoms with Gasteiger partial charge in [0.2, 0.25) is 0 Å². The van der Waals surface area contributed by atoms with Gasteiger partial charge in [0.1, 0.15) is 30.5 Å². The van der Waals surface area contributed by atoms with E-state index >= 15 is 0 Å². The molecule has 17 heteroatoms. The third-order valence-corrected chi connectivity index (χ3v) is 13.7. The Hall–Kier alpha value is -3.52. The molecule has 3 fully saturated rings. The highest BCUT2D eigenvalue weighted by molar-refractivity contribution is 5.72. The summed E-state index contributed by atoms with van der Waals surface area (Å²) in [5.74, 6) is 11.2. The van der Waals surface area contributed by atoms with Gasteiger partial charge in [-0.3, -0.25) is 14.6 Å². The predicted octanol–water partition coefficient (Wildman–Crippen LogP) is 3.85. The first-order chi connectivity index (χ1) is 30.4. The molecule has 3 saturated heterocycles. The number of nitrogens with two attached hydrogens (primary N) is 4. The van der Waals surface area contributed by atoms with Gasteiger partial charge < -0.3 is 60.2 Å². The number of cyclic esters (lactones) is 1. The van der Waals surface area contributed by atoms with Gasteiger partial charge in [0.15, 0.2) is 6.29 Å². The van der Waals surface area contributed by atoms with Crippen LogP contribution < -0.4 is 28.2 Å². The molecule has 370 valence electrons. The minimum atomic E-state index is -1.65. The molecule has 0 spiro atoms. The van der Waals surface area contributed by atoms with E-state index in [0.717, 1.165) is 31.4 Å². The lowest BCUT2D eigenvalue weighted by atomic mass is 9.77. The summed E-state index contributed by atoms with van der Waals surface area (Å²) >= 11 is 0. The smallest absolute Gasteiger partial charge is 0.309 e. The molecule has 3 aliphatic heterocycles. The minimum absolute atomic E-state index is 0.0191. The average molecular weight is 917 g/mol. The van der Waals surface area contributed by atoms with Crippen molar-refractivity contribution in [3.63, 3.8) is 0 Å². The number of carbonyl (C=O) groups is 2. The maximum absolute atomic E-state index is 13.6. The maximum atomic E-state index is 13.6. The van der Waals surface area contributed by atoms with E-state index in [4.69, 9.17) is 46.8 Å². The number of likely N-dealkylation sites (N-methyl/N-ethyl adjacent to an activating group) is 2. The molecule has 0 unspecified atom stereocenters. The first-order valence-corrected chi connectivity index (χ1v) is 23.7. The quantitative estimate of drug-likeness (QED) is 0.0634. The standard InChI is InChI=1S/C48H84N8O9/c1-12-41-48(9,60)43(58)34(6)54(11)26-30(2)25-47(8)44(31(3)23-32(4)45(59)63-41)64-46-42(65-47)40(24-33(5)62-46)53(10)22-20-37(49)27-55(51)21-14-13-15-36-16-18-39(19-17-36)56(52)28-38(50)29-61-35(7)57/h16-19,27-28,30-34,40-44,46,58,60H,12-15,20-26,29,49-52H2,1-11H3/b37-27-,38-28-/t30-,31+,32-,33-,34-,40+,41-,42-,43-,44-,46+,47-,48-/m1/s1. The van der Waals surface area contributed by atoms with Crippen LogP contribution in [-0.4, -0.2) is 137 Å². The monoisotopic (exact) mass is 917 g/mol. The Balaban J connectivity index is 1.37. The van der Waals surface area contributed by atoms with E-state index in [2.05, 4.69) is 44.5 Å². The number of benzene rings is 1. The number of hydrazine groups is 2. The van der Waals surface area contributed by atoms with Crippen molar-refractivity contribution in [2.24, 2.45) is 40.9 Å². The number of nitrogens with zero attached hydrogens (tertiary/aromatic N) is 4. The van der Waals surface area contributed by atoms with Crippen LogP contribution in [-0.2, 0) is 39.7 Å². The number of hydrogen-bond donors (Lipinski definition) is 6. The molecule has 0 radical (unpaired) electrons. The molecule has 1 aromatic carbocycles. The number of rotatable bonds is 15. The Morgan fingerprint density at radius 1 is 1.00 bits per heavy atom. The van der Waals surface area contributed by atoms with Crippen molar-refractivity contribution in [1.82, 2.24) is 14.8 Å². The molecule has 65 heavy (non-hydrogen) atoms. The number of aliphatic hydroxyl groups excluding tert-OH is 1. The Morgan fingerprint density at radius 2 is 1.68 bits per heavy atom. The van der Waals surface area contributed by atoms with Gasteiger partial charge >= 0.3 is 11.9 Å². The maximum Gasteiger partial charge on any atom is 0.309 e. The van der Waals surface area contributed by atoms with Gasteiger partial charge in [-0.25, -0.2) is 11.7 Å². The number of aryl methyl sites for hydroxylation is 1. The second kappa shape index (κ2) is 24.0. The van der Waals surface area contributed by atoms with Crippen LogP contribution in [0.15, 0.2) is 48.1 Å². The highest BCUT2D eigenvalue weighted by Crippen LogP contribution is 2.44. The van der Waals surface area contributed by atoms with Crippen LogP contribution in [0.1, 0.15) is 113 Å². The molecule has 1 aromatic rings. The molecule has 17 nitrogen and oxygen atoms in total. The predicted molar refractivity (Wildman–Crippen MR) is 252 cm³/mol. The molecular formula is C48H84N8O9. The molecule has 3 heterocycles. The van der Waals surface area contributed by atoms with Crippen molar-refractivity contribution in [3.8, 4) is 0 Å². The first-order valence-electron chi connectivity index (χ1n) is 23.7. The lowest BCUT2D eigenvalue weighted by molar-refractivity contribution is -0.371. The number of unbranched alkanes of at least 4 members (excludes halogenated alkanes) is 1. The van der Waals surface area contributed by atoms with Crippen LogP contribution in [0.2, 0.25) is 0 Å². The van der Waals surface area contributed by atoms with Crippen molar-refractivity contribution in [2.45, 2.75) is 174 Å². The summed E-state index contributed by atoms with van der Waals surface area (Å²) < 4.78 is 31.6. The minimum Gasteiger partial charge on any atom is -0.459 e. The van der Waals surface area contributed by atoms with Crippen molar-refractivity contribution in [1.29, 1.82) is 0 Å². The number of ether oxygens (including phenoxy) is 5. The normalized spacial score (nSPS) is 34.7. The molecule has 0 bridgehead atoms. The van der Waals surface area contributed by atoms with Gasteiger partial charge in [-0.05, 0) is 116 Å². The molecule has 13 atom stereocenters. The second-order valence-electron chi connectivity index (χ2n) is 19.9. The molecule has 0 saturated carbocycles. The lowest BCUT2D eigenvalue weighted by Gasteiger charge is -2.56. The van der Waals surface area contributed by atoms with Crippen molar-refractivity contribution < 1.29 is 43.5 Å². The van der Waals surface area contributed by atoms with E-state index in [1.54, 1.807) is 11.9 Å². The summed E-state index contributed by atoms with van der Waals surface area (Å²) in [5.41, 5.74) is 13.0. The number of fused-ring (bicyclic) bond motifs is 2. The molecule has 10 N–H and O–H groups in total. The van der Waals surface area contributed by atoms with E-state index in [1.165, 1.54) is 23.7 Å². The van der Waals surface area contributed by atoms with Crippen LogP contribution in [0.5, 0.6) is 0 Å². The number of aliphatic hydroxyl groups is 2. The van der Waals surface area contributed by atoms with Crippen molar-refractivity contribution in [3.05, 3.63) is 53.6 Å². The topological polar surface area (TPSA) is 238 Å². The van der Waals surface area contributed by atoms with E-state index < -0.39 is 53.6 Å². The zero-order valence-corrected chi connectivity index (χ0v) is 41.2. The number of hydrogen-bond acceptors (Lipinski definition) is 17. The fraction of sp³-hybridized carbons (Fsp3) is 0.750. The Labute approximate surface area is 388 Å². The largest absolute Gasteiger partial charge is 0.459 e. The fourth-order valence-electron chi connectivity index (χ4n) is 9.99. The van der Waals surface area contributed by atoms with Crippen LogP contribution in [0.4, 0.5) is 5.69 Å². The highest BCUT2D eigenvalue weighted by Gasteiger charge is 2.55. The SMILES string of the molecule is CC[C@H]1OC(=O)[C@H](C)C[C@H](C)[C@H]2O[C@@H]3O[C@H](C)C[C@H](N(C)CC/C(N)=C/N(N)CCCCc4ccc(N(N)/C=C(\N)COC(C)=O)cc4)[C@H]3O[C@]2(C)C[C@@H](C)CN(C)[C@H](C)[C@@H](O)[C@]1(C)O. The molecule has 3 aliphatic rings. The number of esters is 2. The third-order valence-electron chi connectivity index (χ3n) is 13.7. The zero-order chi connectivity index (χ0) is 48.4. The Morgan fingerprint density at radius 3 is 2.32 bits per heavy atom. The van der Waals surface area contributed by atoms with Crippen LogP contribution in [0.25, 0.3) is 0 Å². The first kappa shape index (κ1) is 54.1. The Kier molecular flexibility index (Phi) is 19.9. The van der Waals surface area contributed by atoms with Gasteiger partial charge in [0, 0.05) is 63.2 Å². The van der Waals surface area contributed by atoms with Gasteiger partial charge in [-0.15, -0.1) is 0 Å². The van der Waals surface area contributed by atoms with Gasteiger partial charge in [-0.1, -0.05) is 39.8 Å².